The van der Waals surface area contributed by atoms with E-state index in [1.54, 1.807) is 6.07 Å². The molecule has 1 amide bonds. The largest absolute Gasteiger partial charge is 0.354 e. The Morgan fingerprint density at radius 1 is 1.28 bits per heavy atom. The molecule has 3 rings (SSSR count). The number of hydrogen-bond acceptors (Lipinski definition) is 4. The molecule has 0 bridgehead atoms. The van der Waals surface area contributed by atoms with Crippen LogP contribution in [0, 0.1) is 12.8 Å². The second kappa shape index (κ2) is 7.64. The number of carbonyl (C=O) groups is 1. The summed E-state index contributed by atoms with van der Waals surface area (Å²) in [6.07, 6.45) is 3.04. The van der Waals surface area contributed by atoms with Gasteiger partial charge in [-0.2, -0.15) is 0 Å². The highest BCUT2D eigenvalue weighted by Crippen LogP contribution is 2.28. The summed E-state index contributed by atoms with van der Waals surface area (Å²) in [7, 11) is 0. The number of fused-ring (bicyclic) bond motifs is 1. The van der Waals surface area contributed by atoms with E-state index in [9.17, 15) is 4.79 Å². The fourth-order valence-electron chi connectivity index (χ4n) is 3.11. The van der Waals surface area contributed by atoms with Crippen molar-refractivity contribution >= 4 is 17.5 Å². The third-order valence-electron chi connectivity index (χ3n) is 4.43. The van der Waals surface area contributed by atoms with E-state index in [-0.39, 0.29) is 5.91 Å². The fourth-order valence-corrected chi connectivity index (χ4v) is 3.11. The van der Waals surface area contributed by atoms with Crippen LogP contribution in [0.2, 0.25) is 0 Å². The topological polar surface area (TPSA) is 58.1 Å². The zero-order valence-electron chi connectivity index (χ0n) is 15.2. The lowest BCUT2D eigenvalue weighted by Gasteiger charge is -2.29. The summed E-state index contributed by atoms with van der Waals surface area (Å²) in [5, 5.41) is 3.24. The molecule has 1 N–H and O–H groups in total. The Morgan fingerprint density at radius 3 is 2.88 bits per heavy atom. The number of para-hydroxylation sites is 1. The smallest absolute Gasteiger partial charge is 0.277 e. The van der Waals surface area contributed by atoms with Crippen LogP contribution in [0.15, 0.2) is 30.3 Å². The van der Waals surface area contributed by atoms with Crippen LogP contribution in [0.3, 0.4) is 0 Å². The minimum atomic E-state index is -0.0513. The van der Waals surface area contributed by atoms with Gasteiger partial charge in [0.2, 0.25) is 5.95 Å². The van der Waals surface area contributed by atoms with Gasteiger partial charge in [0.05, 0.1) is 0 Å². The number of nitrogens with zero attached hydrogens (tertiary/aromatic N) is 3. The molecule has 5 heteroatoms. The summed E-state index contributed by atoms with van der Waals surface area (Å²) in [4.78, 5) is 23.8. The van der Waals surface area contributed by atoms with Gasteiger partial charge in [0.15, 0.2) is 0 Å². The molecule has 2 heterocycles. The Bertz CT molecular complexity index is 757. The first-order valence-electron chi connectivity index (χ1n) is 9.04. The molecule has 0 radical (unpaired) electrons. The number of anilines is 2. The highest BCUT2D eigenvalue weighted by Gasteiger charge is 2.24. The maximum atomic E-state index is 13.1. The van der Waals surface area contributed by atoms with Gasteiger partial charge in [-0.3, -0.25) is 4.79 Å². The van der Waals surface area contributed by atoms with Gasteiger partial charge < -0.3 is 10.2 Å². The van der Waals surface area contributed by atoms with Crippen LogP contribution in [0.5, 0.6) is 0 Å². The van der Waals surface area contributed by atoms with Crippen LogP contribution in [0.1, 0.15) is 48.4 Å². The van der Waals surface area contributed by atoms with E-state index in [1.807, 2.05) is 30.0 Å². The van der Waals surface area contributed by atoms with E-state index in [4.69, 9.17) is 0 Å². The monoisotopic (exact) mass is 338 g/mol. The van der Waals surface area contributed by atoms with Gasteiger partial charge in [-0.05, 0) is 49.8 Å². The summed E-state index contributed by atoms with van der Waals surface area (Å²) in [5.41, 5.74) is 3.49. The van der Waals surface area contributed by atoms with E-state index in [0.29, 0.717) is 17.6 Å². The van der Waals surface area contributed by atoms with Crippen LogP contribution < -0.4 is 10.2 Å². The second-order valence-electron chi connectivity index (χ2n) is 7.02. The number of carbonyl (C=O) groups excluding carboxylic acids is 1. The highest BCUT2D eigenvalue weighted by molar-refractivity contribution is 6.05. The van der Waals surface area contributed by atoms with Crippen molar-refractivity contribution in [3.8, 4) is 0 Å². The Morgan fingerprint density at radius 2 is 2.08 bits per heavy atom. The van der Waals surface area contributed by atoms with Gasteiger partial charge in [-0.25, -0.2) is 9.97 Å². The van der Waals surface area contributed by atoms with Crippen LogP contribution in [0.4, 0.5) is 11.6 Å². The number of hydrogen-bond donors (Lipinski definition) is 1. The number of rotatable bonds is 5. The van der Waals surface area contributed by atoms with Crippen molar-refractivity contribution in [3.05, 3.63) is 47.3 Å². The molecule has 0 fully saturated rings. The van der Waals surface area contributed by atoms with Crippen molar-refractivity contribution in [1.29, 1.82) is 0 Å². The minimum absolute atomic E-state index is 0.0513. The van der Waals surface area contributed by atoms with Gasteiger partial charge in [0.25, 0.3) is 5.91 Å². The van der Waals surface area contributed by atoms with Crippen molar-refractivity contribution in [2.75, 3.05) is 23.3 Å². The maximum Gasteiger partial charge on any atom is 0.277 e. The molecule has 1 aliphatic rings. The lowest BCUT2D eigenvalue weighted by molar-refractivity contribution is 0.0980. The first-order valence-corrected chi connectivity index (χ1v) is 9.04. The molecule has 0 saturated heterocycles. The van der Waals surface area contributed by atoms with Crippen molar-refractivity contribution in [2.45, 2.75) is 40.0 Å². The molecule has 132 valence electrons. The molecule has 1 aromatic heterocycles. The van der Waals surface area contributed by atoms with Gasteiger partial charge in [0, 0.05) is 24.5 Å². The SMILES string of the molecule is Cc1cc(C(=O)N2CCCc3ccccc32)nc(NCCC(C)C)n1. The van der Waals surface area contributed by atoms with Crippen molar-refractivity contribution in [3.63, 3.8) is 0 Å². The van der Waals surface area contributed by atoms with Gasteiger partial charge >= 0.3 is 0 Å². The predicted octanol–water partition coefficient (Wildman–Crippen LogP) is 3.84. The van der Waals surface area contributed by atoms with Crippen LogP contribution in [-0.4, -0.2) is 29.0 Å². The zero-order chi connectivity index (χ0) is 17.8. The van der Waals surface area contributed by atoms with E-state index in [2.05, 4.69) is 35.2 Å². The average molecular weight is 338 g/mol. The lowest BCUT2D eigenvalue weighted by atomic mass is 10.0. The number of aryl methyl sites for hydroxylation is 2. The molecule has 0 atom stereocenters. The number of amides is 1. The molecule has 0 aliphatic carbocycles. The predicted molar refractivity (Wildman–Crippen MR) is 101 cm³/mol. The van der Waals surface area contributed by atoms with Gasteiger partial charge in [0.1, 0.15) is 5.69 Å². The zero-order valence-corrected chi connectivity index (χ0v) is 15.2. The maximum absolute atomic E-state index is 13.1. The minimum Gasteiger partial charge on any atom is -0.354 e. The molecule has 5 nitrogen and oxygen atoms in total. The van der Waals surface area contributed by atoms with Crippen molar-refractivity contribution in [1.82, 2.24) is 9.97 Å². The lowest BCUT2D eigenvalue weighted by Crippen LogP contribution is -2.36. The summed E-state index contributed by atoms with van der Waals surface area (Å²) < 4.78 is 0. The first kappa shape index (κ1) is 17.4. The molecule has 1 aliphatic heterocycles. The molecular formula is C20H26N4O. The van der Waals surface area contributed by atoms with Crippen LogP contribution in [0.25, 0.3) is 0 Å². The summed E-state index contributed by atoms with van der Waals surface area (Å²) in [5.74, 6) is 1.10. The van der Waals surface area contributed by atoms with Crippen molar-refractivity contribution in [2.24, 2.45) is 5.92 Å². The molecule has 1 aromatic carbocycles. The standard InChI is InChI=1S/C20H26N4O/c1-14(2)10-11-21-20-22-15(3)13-17(23-20)19(25)24-12-6-8-16-7-4-5-9-18(16)24/h4-5,7,9,13-14H,6,8,10-12H2,1-3H3,(H,21,22,23). The van der Waals surface area contributed by atoms with Crippen molar-refractivity contribution < 1.29 is 4.79 Å². The fraction of sp³-hybridized carbons (Fsp3) is 0.450. The number of aromatic nitrogens is 2. The van der Waals surface area contributed by atoms with Crippen LogP contribution in [-0.2, 0) is 6.42 Å². The molecule has 0 unspecified atom stereocenters. The Kier molecular flexibility index (Phi) is 5.31. The van der Waals surface area contributed by atoms with E-state index < -0.39 is 0 Å². The molecule has 0 saturated carbocycles. The third-order valence-corrected chi connectivity index (χ3v) is 4.43. The van der Waals surface area contributed by atoms with Gasteiger partial charge in [-0.1, -0.05) is 32.0 Å². The van der Waals surface area contributed by atoms with E-state index >= 15 is 0 Å². The normalized spacial score (nSPS) is 13.7. The molecule has 0 spiro atoms. The highest BCUT2D eigenvalue weighted by atomic mass is 16.2. The molecule has 25 heavy (non-hydrogen) atoms. The third kappa shape index (κ3) is 4.16. The quantitative estimate of drug-likeness (QED) is 0.900. The van der Waals surface area contributed by atoms with E-state index in [0.717, 1.165) is 43.7 Å². The Hall–Kier alpha value is -2.43. The van der Waals surface area contributed by atoms with Crippen LogP contribution >= 0.6 is 0 Å². The summed E-state index contributed by atoms with van der Waals surface area (Å²) in [6, 6.07) is 9.89. The first-order chi connectivity index (χ1) is 12.0. The van der Waals surface area contributed by atoms with E-state index in [1.165, 1.54) is 5.56 Å². The van der Waals surface area contributed by atoms with Gasteiger partial charge in [-0.15, -0.1) is 0 Å². The summed E-state index contributed by atoms with van der Waals surface area (Å²) >= 11 is 0. The molecule has 2 aromatic rings. The Labute approximate surface area is 149 Å². The molecular weight excluding hydrogens is 312 g/mol. The number of nitrogens with one attached hydrogen (secondary N) is 1. The second-order valence-corrected chi connectivity index (χ2v) is 7.02. The number of benzene rings is 1. The Balaban J connectivity index is 1.82. The average Bonchev–Trinajstić information content (AvgIpc) is 2.60. The summed E-state index contributed by atoms with van der Waals surface area (Å²) in [6.45, 7) is 7.80.